The van der Waals surface area contributed by atoms with E-state index in [1.807, 2.05) is 0 Å². The quantitative estimate of drug-likeness (QED) is 0.722. The van der Waals surface area contributed by atoms with Crippen LogP contribution in [0.25, 0.3) is 0 Å². The lowest BCUT2D eigenvalue weighted by Crippen LogP contribution is -2.46. The molecule has 0 saturated carbocycles. The SMILES string of the molecule is CCN(CC1CCC(C(=O)NC)N1)C(C)C. The first kappa shape index (κ1) is 13.5. The number of amides is 1. The van der Waals surface area contributed by atoms with Crippen LogP contribution in [0.5, 0.6) is 0 Å². The van der Waals surface area contributed by atoms with E-state index in [1.165, 1.54) is 0 Å². The molecule has 0 bridgehead atoms. The van der Waals surface area contributed by atoms with Gasteiger partial charge in [-0.05, 0) is 33.2 Å². The number of carbonyl (C=O) groups is 1. The molecule has 1 fully saturated rings. The Morgan fingerprint density at radius 1 is 1.50 bits per heavy atom. The van der Waals surface area contributed by atoms with Crippen LogP contribution < -0.4 is 10.6 Å². The third-order valence-corrected chi connectivity index (χ3v) is 3.39. The van der Waals surface area contributed by atoms with Crippen molar-refractivity contribution in [2.45, 2.75) is 51.7 Å². The summed E-state index contributed by atoms with van der Waals surface area (Å²) in [5.74, 6) is 0.120. The molecule has 1 rings (SSSR count). The van der Waals surface area contributed by atoms with Gasteiger partial charge in [0, 0.05) is 25.7 Å². The fourth-order valence-corrected chi connectivity index (χ4v) is 2.33. The molecule has 1 aliphatic rings. The van der Waals surface area contributed by atoms with Gasteiger partial charge in [0.1, 0.15) is 0 Å². The molecule has 4 heteroatoms. The number of nitrogens with zero attached hydrogens (tertiary/aromatic N) is 1. The average Bonchev–Trinajstić information content (AvgIpc) is 2.72. The number of hydrogen-bond donors (Lipinski definition) is 2. The highest BCUT2D eigenvalue weighted by Crippen LogP contribution is 2.14. The average molecular weight is 227 g/mol. The van der Waals surface area contributed by atoms with Gasteiger partial charge in [0.05, 0.1) is 6.04 Å². The lowest BCUT2D eigenvalue weighted by molar-refractivity contribution is -0.122. The lowest BCUT2D eigenvalue weighted by atomic mass is 10.1. The molecular formula is C12H25N3O. The van der Waals surface area contributed by atoms with Crippen molar-refractivity contribution >= 4 is 5.91 Å². The number of likely N-dealkylation sites (N-methyl/N-ethyl adjacent to an activating group) is 2. The maximum atomic E-state index is 11.5. The molecule has 2 N–H and O–H groups in total. The Labute approximate surface area is 98.8 Å². The first-order valence-electron chi connectivity index (χ1n) is 6.30. The minimum Gasteiger partial charge on any atom is -0.358 e. The lowest BCUT2D eigenvalue weighted by Gasteiger charge is -2.28. The molecule has 1 saturated heterocycles. The van der Waals surface area contributed by atoms with E-state index in [-0.39, 0.29) is 11.9 Å². The highest BCUT2D eigenvalue weighted by atomic mass is 16.2. The van der Waals surface area contributed by atoms with Crippen LogP contribution in [0.1, 0.15) is 33.6 Å². The van der Waals surface area contributed by atoms with Crippen LogP contribution in [-0.4, -0.2) is 49.1 Å². The Balaban J connectivity index is 2.38. The predicted molar refractivity (Wildman–Crippen MR) is 66.4 cm³/mol. The highest BCUT2D eigenvalue weighted by molar-refractivity contribution is 5.81. The molecule has 0 spiro atoms. The van der Waals surface area contributed by atoms with E-state index in [0.29, 0.717) is 12.1 Å². The zero-order valence-electron chi connectivity index (χ0n) is 10.9. The van der Waals surface area contributed by atoms with E-state index < -0.39 is 0 Å². The molecule has 0 aromatic rings. The van der Waals surface area contributed by atoms with Gasteiger partial charge in [-0.2, -0.15) is 0 Å². The fourth-order valence-electron chi connectivity index (χ4n) is 2.33. The van der Waals surface area contributed by atoms with Crippen molar-refractivity contribution in [1.82, 2.24) is 15.5 Å². The summed E-state index contributed by atoms with van der Waals surface area (Å²) in [4.78, 5) is 13.9. The standard InChI is InChI=1S/C12H25N3O/c1-5-15(9(2)3)8-10-6-7-11(14-10)12(16)13-4/h9-11,14H,5-8H2,1-4H3,(H,13,16). The minimum atomic E-state index is 0.0147. The molecule has 16 heavy (non-hydrogen) atoms. The zero-order valence-corrected chi connectivity index (χ0v) is 10.9. The van der Waals surface area contributed by atoms with E-state index >= 15 is 0 Å². The van der Waals surface area contributed by atoms with Crippen molar-refractivity contribution in [2.75, 3.05) is 20.1 Å². The predicted octanol–water partition coefficient (Wildman–Crippen LogP) is 0.583. The van der Waals surface area contributed by atoms with Crippen molar-refractivity contribution in [2.24, 2.45) is 0 Å². The molecule has 1 heterocycles. The summed E-state index contributed by atoms with van der Waals surface area (Å²) in [7, 11) is 1.70. The topological polar surface area (TPSA) is 44.4 Å². The summed E-state index contributed by atoms with van der Waals surface area (Å²) >= 11 is 0. The molecule has 94 valence electrons. The van der Waals surface area contributed by atoms with E-state index in [0.717, 1.165) is 25.9 Å². The van der Waals surface area contributed by atoms with Gasteiger partial charge in [-0.3, -0.25) is 9.69 Å². The normalized spacial score (nSPS) is 25.4. The van der Waals surface area contributed by atoms with Crippen LogP contribution in [0.15, 0.2) is 0 Å². The first-order valence-corrected chi connectivity index (χ1v) is 6.30. The van der Waals surface area contributed by atoms with Gasteiger partial charge in [-0.15, -0.1) is 0 Å². The third kappa shape index (κ3) is 3.46. The van der Waals surface area contributed by atoms with Crippen LogP contribution in [0.3, 0.4) is 0 Å². The highest BCUT2D eigenvalue weighted by Gasteiger charge is 2.29. The van der Waals surface area contributed by atoms with E-state index in [9.17, 15) is 4.79 Å². The molecule has 2 unspecified atom stereocenters. The molecule has 0 aliphatic carbocycles. The number of carbonyl (C=O) groups excluding carboxylic acids is 1. The van der Waals surface area contributed by atoms with Crippen LogP contribution in [0.4, 0.5) is 0 Å². The Hall–Kier alpha value is -0.610. The molecular weight excluding hydrogens is 202 g/mol. The summed E-state index contributed by atoms with van der Waals surface area (Å²) in [6.07, 6.45) is 2.06. The van der Waals surface area contributed by atoms with E-state index in [1.54, 1.807) is 7.05 Å². The van der Waals surface area contributed by atoms with Crippen LogP contribution in [0.2, 0.25) is 0 Å². The molecule has 0 aromatic carbocycles. The molecule has 2 atom stereocenters. The van der Waals surface area contributed by atoms with Crippen LogP contribution in [-0.2, 0) is 4.79 Å². The molecule has 0 radical (unpaired) electrons. The second-order valence-electron chi connectivity index (χ2n) is 4.79. The summed E-state index contributed by atoms with van der Waals surface area (Å²) in [6.45, 7) is 8.73. The molecule has 0 aromatic heterocycles. The van der Waals surface area contributed by atoms with Gasteiger partial charge in [-0.1, -0.05) is 6.92 Å². The van der Waals surface area contributed by atoms with Gasteiger partial charge in [-0.25, -0.2) is 0 Å². The summed E-state index contributed by atoms with van der Waals surface area (Å²) in [5.41, 5.74) is 0. The minimum absolute atomic E-state index is 0.0147. The smallest absolute Gasteiger partial charge is 0.236 e. The molecule has 1 amide bonds. The van der Waals surface area contributed by atoms with Gasteiger partial charge in [0.25, 0.3) is 0 Å². The van der Waals surface area contributed by atoms with Crippen molar-refractivity contribution in [1.29, 1.82) is 0 Å². The monoisotopic (exact) mass is 227 g/mol. The Morgan fingerprint density at radius 2 is 2.19 bits per heavy atom. The van der Waals surface area contributed by atoms with Gasteiger partial charge < -0.3 is 10.6 Å². The Bertz CT molecular complexity index is 230. The zero-order chi connectivity index (χ0) is 12.1. The summed E-state index contributed by atoms with van der Waals surface area (Å²) < 4.78 is 0. The van der Waals surface area contributed by atoms with Crippen molar-refractivity contribution in [3.05, 3.63) is 0 Å². The fraction of sp³-hybridized carbons (Fsp3) is 0.917. The number of hydrogen-bond acceptors (Lipinski definition) is 3. The second kappa shape index (κ2) is 6.21. The third-order valence-electron chi connectivity index (χ3n) is 3.39. The Morgan fingerprint density at radius 3 is 2.69 bits per heavy atom. The van der Waals surface area contributed by atoms with E-state index in [2.05, 4.69) is 36.3 Å². The number of rotatable bonds is 5. The Kier molecular flexibility index (Phi) is 5.22. The van der Waals surface area contributed by atoms with E-state index in [4.69, 9.17) is 0 Å². The maximum absolute atomic E-state index is 11.5. The molecule has 4 nitrogen and oxygen atoms in total. The van der Waals surface area contributed by atoms with Crippen LogP contribution >= 0.6 is 0 Å². The van der Waals surface area contributed by atoms with Crippen molar-refractivity contribution in [3.63, 3.8) is 0 Å². The van der Waals surface area contributed by atoms with Gasteiger partial charge >= 0.3 is 0 Å². The summed E-state index contributed by atoms with van der Waals surface area (Å²) in [6, 6.07) is 1.05. The number of nitrogens with one attached hydrogen (secondary N) is 2. The second-order valence-corrected chi connectivity index (χ2v) is 4.79. The maximum Gasteiger partial charge on any atom is 0.236 e. The largest absolute Gasteiger partial charge is 0.358 e. The summed E-state index contributed by atoms with van der Waals surface area (Å²) in [5, 5.41) is 6.11. The van der Waals surface area contributed by atoms with Crippen molar-refractivity contribution < 1.29 is 4.79 Å². The van der Waals surface area contributed by atoms with Crippen LogP contribution in [0, 0.1) is 0 Å². The van der Waals surface area contributed by atoms with Crippen molar-refractivity contribution in [3.8, 4) is 0 Å². The first-order chi connectivity index (χ1) is 7.58. The molecule has 1 aliphatic heterocycles. The van der Waals surface area contributed by atoms with Gasteiger partial charge in [0.2, 0.25) is 5.91 Å². The van der Waals surface area contributed by atoms with Gasteiger partial charge in [0.15, 0.2) is 0 Å².